The van der Waals surface area contributed by atoms with E-state index in [1.807, 2.05) is 67.6 Å². The van der Waals surface area contributed by atoms with Crippen molar-refractivity contribution < 1.29 is 9.53 Å². The fraction of sp³-hybridized carbons (Fsp3) is 0.130. The number of hydrazone groups is 1. The van der Waals surface area contributed by atoms with Crippen LogP contribution in [0.25, 0.3) is 20.7 Å². The van der Waals surface area contributed by atoms with E-state index in [9.17, 15) is 9.59 Å². The number of para-hydroxylation sites is 1. The van der Waals surface area contributed by atoms with Gasteiger partial charge in [-0.2, -0.15) is 5.10 Å². The number of amides is 1. The Morgan fingerprint density at radius 2 is 1.97 bits per heavy atom. The number of carbonyl (C=O) groups excluding carboxylic acids is 1. The van der Waals surface area contributed by atoms with E-state index < -0.39 is 5.91 Å². The molecule has 0 fully saturated rings. The molecule has 156 valence electrons. The number of thiophene rings is 1. The van der Waals surface area contributed by atoms with E-state index in [1.54, 1.807) is 0 Å². The van der Waals surface area contributed by atoms with Crippen molar-refractivity contribution in [3.8, 4) is 16.2 Å². The minimum absolute atomic E-state index is 0.178. The van der Waals surface area contributed by atoms with Crippen LogP contribution in [0, 0.1) is 0 Å². The molecule has 1 amide bonds. The van der Waals surface area contributed by atoms with Gasteiger partial charge in [-0.25, -0.2) is 10.4 Å². The smallest absolute Gasteiger partial charge is 0.262 e. The fourth-order valence-corrected chi connectivity index (χ4v) is 4.05. The molecule has 0 saturated heterocycles. The summed E-state index contributed by atoms with van der Waals surface area (Å²) >= 11 is 1.45. The summed E-state index contributed by atoms with van der Waals surface area (Å²) in [6, 6.07) is 19.0. The Balaban J connectivity index is 1.48. The second-order valence-electron chi connectivity index (χ2n) is 6.64. The SMILES string of the molecule is CCOc1ccccc1/C=N\NC(=O)Cn1cnc2sc(-c3ccccc3)cc2c1=O. The first-order valence-corrected chi connectivity index (χ1v) is 10.6. The minimum Gasteiger partial charge on any atom is -0.493 e. The molecule has 0 aliphatic rings. The standard InChI is InChI=1S/C23H20N4O3S/c1-2-30-19-11-7-6-10-17(19)13-25-26-21(28)14-27-15-24-22-18(23(27)29)12-20(31-22)16-8-4-3-5-9-16/h3-13,15H,2,14H2,1H3,(H,26,28)/b25-13-. The van der Waals surface area contributed by atoms with Crippen LogP contribution in [0.5, 0.6) is 5.75 Å². The Labute approximate surface area is 182 Å². The third-order valence-electron chi connectivity index (χ3n) is 4.50. The van der Waals surface area contributed by atoms with Crippen molar-refractivity contribution in [2.45, 2.75) is 13.5 Å². The van der Waals surface area contributed by atoms with Gasteiger partial charge in [-0.1, -0.05) is 42.5 Å². The van der Waals surface area contributed by atoms with Crippen molar-refractivity contribution in [2.75, 3.05) is 6.61 Å². The predicted octanol–water partition coefficient (Wildman–Crippen LogP) is 3.67. The summed E-state index contributed by atoms with van der Waals surface area (Å²) in [6.45, 7) is 2.25. The lowest BCUT2D eigenvalue weighted by atomic mass is 10.2. The Hall–Kier alpha value is -3.78. The highest BCUT2D eigenvalue weighted by atomic mass is 32.1. The number of fused-ring (bicyclic) bond motifs is 1. The Kier molecular flexibility index (Phi) is 6.18. The summed E-state index contributed by atoms with van der Waals surface area (Å²) in [6.07, 6.45) is 2.90. The van der Waals surface area contributed by atoms with Crippen molar-refractivity contribution in [1.29, 1.82) is 0 Å². The van der Waals surface area contributed by atoms with E-state index in [0.717, 1.165) is 16.0 Å². The summed E-state index contributed by atoms with van der Waals surface area (Å²) < 4.78 is 6.80. The minimum atomic E-state index is -0.424. The number of ether oxygens (including phenoxy) is 1. The van der Waals surface area contributed by atoms with Gasteiger partial charge in [0.2, 0.25) is 0 Å². The summed E-state index contributed by atoms with van der Waals surface area (Å²) in [7, 11) is 0. The van der Waals surface area contributed by atoms with E-state index in [4.69, 9.17) is 4.74 Å². The number of nitrogens with zero attached hydrogens (tertiary/aromatic N) is 3. The maximum Gasteiger partial charge on any atom is 0.262 e. The molecule has 0 bridgehead atoms. The first-order chi connectivity index (χ1) is 15.2. The van der Waals surface area contributed by atoms with Gasteiger partial charge in [0, 0.05) is 10.4 Å². The van der Waals surface area contributed by atoms with Gasteiger partial charge >= 0.3 is 0 Å². The largest absolute Gasteiger partial charge is 0.493 e. The maximum atomic E-state index is 12.8. The van der Waals surface area contributed by atoms with Gasteiger partial charge in [0.1, 0.15) is 17.1 Å². The molecule has 0 aliphatic heterocycles. The Morgan fingerprint density at radius 3 is 2.77 bits per heavy atom. The lowest BCUT2D eigenvalue weighted by Crippen LogP contribution is -2.29. The average Bonchev–Trinajstić information content (AvgIpc) is 3.23. The molecule has 0 aliphatic carbocycles. The van der Waals surface area contributed by atoms with Crippen LogP contribution in [0.15, 0.2) is 76.9 Å². The first-order valence-electron chi connectivity index (χ1n) is 9.74. The quantitative estimate of drug-likeness (QED) is 0.357. The Morgan fingerprint density at radius 1 is 1.19 bits per heavy atom. The molecule has 1 N–H and O–H groups in total. The highest BCUT2D eigenvalue weighted by Gasteiger charge is 2.12. The van der Waals surface area contributed by atoms with Crippen LogP contribution in [0.4, 0.5) is 0 Å². The highest BCUT2D eigenvalue weighted by molar-refractivity contribution is 7.21. The normalized spacial score (nSPS) is 11.1. The molecule has 31 heavy (non-hydrogen) atoms. The second-order valence-corrected chi connectivity index (χ2v) is 7.67. The average molecular weight is 433 g/mol. The van der Waals surface area contributed by atoms with Crippen molar-refractivity contribution in [3.05, 3.63) is 82.9 Å². The van der Waals surface area contributed by atoms with E-state index in [0.29, 0.717) is 22.6 Å². The van der Waals surface area contributed by atoms with Crippen molar-refractivity contribution in [1.82, 2.24) is 15.0 Å². The van der Waals surface area contributed by atoms with Crippen LogP contribution >= 0.6 is 11.3 Å². The number of benzene rings is 2. The van der Waals surface area contributed by atoms with Crippen molar-refractivity contribution in [2.24, 2.45) is 5.10 Å². The van der Waals surface area contributed by atoms with E-state index >= 15 is 0 Å². The monoisotopic (exact) mass is 432 g/mol. The van der Waals surface area contributed by atoms with Gasteiger partial charge in [-0.15, -0.1) is 11.3 Å². The third kappa shape index (κ3) is 4.70. The molecule has 0 radical (unpaired) electrons. The molecule has 0 saturated carbocycles. The van der Waals surface area contributed by atoms with E-state index in [1.165, 1.54) is 28.4 Å². The Bertz CT molecular complexity index is 1300. The van der Waals surface area contributed by atoms with Gasteiger partial charge < -0.3 is 4.74 Å². The molecule has 2 heterocycles. The summed E-state index contributed by atoms with van der Waals surface area (Å²) in [5.74, 6) is 0.257. The number of aromatic nitrogens is 2. The van der Waals surface area contributed by atoms with Gasteiger partial charge in [0.25, 0.3) is 11.5 Å². The van der Waals surface area contributed by atoms with Gasteiger partial charge in [0.15, 0.2) is 0 Å². The lowest BCUT2D eigenvalue weighted by Gasteiger charge is -2.06. The van der Waals surface area contributed by atoms with Crippen LogP contribution in [0.3, 0.4) is 0 Å². The van der Waals surface area contributed by atoms with Crippen LogP contribution in [-0.4, -0.2) is 28.3 Å². The molecular weight excluding hydrogens is 412 g/mol. The van der Waals surface area contributed by atoms with E-state index in [2.05, 4.69) is 15.5 Å². The first kappa shape index (κ1) is 20.5. The molecule has 2 aromatic carbocycles. The predicted molar refractivity (Wildman–Crippen MR) is 123 cm³/mol. The van der Waals surface area contributed by atoms with Crippen LogP contribution in [0.1, 0.15) is 12.5 Å². The molecule has 0 spiro atoms. The van der Waals surface area contributed by atoms with Crippen LogP contribution in [-0.2, 0) is 11.3 Å². The number of nitrogens with one attached hydrogen (secondary N) is 1. The van der Waals surface area contributed by atoms with E-state index in [-0.39, 0.29) is 12.1 Å². The molecule has 7 nitrogen and oxygen atoms in total. The van der Waals surface area contributed by atoms with Crippen LogP contribution < -0.4 is 15.7 Å². The molecule has 8 heteroatoms. The summed E-state index contributed by atoms with van der Waals surface area (Å²) in [5.41, 5.74) is 3.96. The zero-order chi connectivity index (χ0) is 21.6. The summed E-state index contributed by atoms with van der Waals surface area (Å²) in [4.78, 5) is 31.1. The molecule has 0 unspecified atom stereocenters. The molecule has 4 aromatic rings. The lowest BCUT2D eigenvalue weighted by molar-refractivity contribution is -0.121. The molecule has 4 rings (SSSR count). The fourth-order valence-electron chi connectivity index (χ4n) is 3.06. The second kappa shape index (κ2) is 9.36. The third-order valence-corrected chi connectivity index (χ3v) is 5.59. The number of rotatable bonds is 7. The zero-order valence-electron chi connectivity index (χ0n) is 16.8. The molecule has 0 atom stereocenters. The summed E-state index contributed by atoms with van der Waals surface area (Å²) in [5, 5.41) is 4.47. The van der Waals surface area contributed by atoms with Crippen molar-refractivity contribution >= 4 is 33.7 Å². The molecular formula is C23H20N4O3S. The zero-order valence-corrected chi connectivity index (χ0v) is 17.6. The number of carbonyl (C=O) groups is 1. The maximum absolute atomic E-state index is 12.8. The van der Waals surface area contributed by atoms with Gasteiger partial charge in [0.05, 0.1) is 24.5 Å². The van der Waals surface area contributed by atoms with Crippen LogP contribution in [0.2, 0.25) is 0 Å². The highest BCUT2D eigenvalue weighted by Crippen LogP contribution is 2.30. The number of hydrogen-bond donors (Lipinski definition) is 1. The molecule has 2 aromatic heterocycles. The topological polar surface area (TPSA) is 85.6 Å². The van der Waals surface area contributed by atoms with Crippen molar-refractivity contribution in [3.63, 3.8) is 0 Å². The number of hydrogen-bond acceptors (Lipinski definition) is 6. The van der Waals surface area contributed by atoms with Gasteiger partial charge in [-0.05, 0) is 30.7 Å². The van der Waals surface area contributed by atoms with Gasteiger partial charge in [-0.3, -0.25) is 14.2 Å².